The van der Waals surface area contributed by atoms with E-state index < -0.39 is 0 Å². The molecule has 0 saturated carbocycles. The van der Waals surface area contributed by atoms with Crippen molar-refractivity contribution in [2.24, 2.45) is 0 Å². The number of nitrogens with one attached hydrogen (secondary N) is 1. The Hall–Kier alpha value is -2.53. The van der Waals surface area contributed by atoms with Crippen LogP contribution < -0.4 is 11.1 Å². The minimum Gasteiger partial charge on any atom is -0.399 e. The van der Waals surface area contributed by atoms with E-state index in [9.17, 15) is 9.59 Å². The number of nitrogens with two attached hydrogens (primary N) is 1. The van der Waals surface area contributed by atoms with Crippen molar-refractivity contribution in [2.75, 3.05) is 18.8 Å². The maximum absolute atomic E-state index is 12.3. The first-order chi connectivity index (χ1) is 12.0. The summed E-state index contributed by atoms with van der Waals surface area (Å²) in [6, 6.07) is 12.6. The van der Waals surface area contributed by atoms with Gasteiger partial charge in [-0.1, -0.05) is 18.2 Å². The van der Waals surface area contributed by atoms with Crippen molar-refractivity contribution in [1.29, 1.82) is 0 Å². The third kappa shape index (κ3) is 5.23. The van der Waals surface area contributed by atoms with Crippen molar-refractivity contribution in [3.05, 3.63) is 64.7 Å². The highest BCUT2D eigenvalue weighted by molar-refractivity contribution is 5.96. The fourth-order valence-corrected chi connectivity index (χ4v) is 2.62. The predicted molar refractivity (Wildman–Crippen MR) is 108 cm³/mol. The Kier molecular flexibility index (Phi) is 8.13. The number of hydrogen-bond donors (Lipinski definition) is 2. The molecule has 0 fully saturated rings. The van der Waals surface area contributed by atoms with Gasteiger partial charge in [0.2, 0.25) is 0 Å². The molecule has 0 aliphatic heterocycles. The van der Waals surface area contributed by atoms with Crippen LogP contribution >= 0.6 is 12.4 Å². The maximum Gasteiger partial charge on any atom is 0.253 e. The number of benzene rings is 2. The van der Waals surface area contributed by atoms with Gasteiger partial charge in [-0.15, -0.1) is 12.4 Å². The van der Waals surface area contributed by atoms with Crippen LogP contribution in [0.4, 0.5) is 5.69 Å². The Morgan fingerprint density at radius 3 is 2.23 bits per heavy atom. The lowest BCUT2D eigenvalue weighted by Crippen LogP contribution is -2.30. The van der Waals surface area contributed by atoms with Gasteiger partial charge in [0.15, 0.2) is 0 Å². The van der Waals surface area contributed by atoms with Crippen LogP contribution in [-0.2, 0) is 6.54 Å². The summed E-state index contributed by atoms with van der Waals surface area (Å²) < 4.78 is 0. The van der Waals surface area contributed by atoms with Gasteiger partial charge in [-0.25, -0.2) is 0 Å². The summed E-state index contributed by atoms with van der Waals surface area (Å²) in [5, 5.41) is 2.89. The number of carbonyl (C=O) groups is 2. The Balaban J connectivity index is 0.00000338. The molecule has 0 aromatic heterocycles. The second-order valence-corrected chi connectivity index (χ2v) is 5.93. The summed E-state index contributed by atoms with van der Waals surface area (Å²) in [5.41, 5.74) is 9.37. The molecule has 0 heterocycles. The van der Waals surface area contributed by atoms with E-state index in [4.69, 9.17) is 5.73 Å². The smallest absolute Gasteiger partial charge is 0.253 e. The van der Waals surface area contributed by atoms with Crippen LogP contribution in [0.2, 0.25) is 0 Å². The molecule has 0 radical (unpaired) electrons. The molecule has 0 unspecified atom stereocenters. The van der Waals surface area contributed by atoms with E-state index in [0.29, 0.717) is 36.4 Å². The average molecular weight is 376 g/mol. The molecular formula is C20H26ClN3O2. The molecule has 0 aliphatic rings. The predicted octanol–water partition coefficient (Wildman–Crippen LogP) is 3.41. The van der Waals surface area contributed by atoms with Crippen LogP contribution in [-0.4, -0.2) is 29.8 Å². The highest BCUT2D eigenvalue weighted by Crippen LogP contribution is 2.13. The van der Waals surface area contributed by atoms with Gasteiger partial charge in [-0.2, -0.15) is 0 Å². The minimum absolute atomic E-state index is 0. The molecule has 0 spiro atoms. The topological polar surface area (TPSA) is 75.4 Å². The molecule has 2 amide bonds. The Morgan fingerprint density at radius 2 is 1.65 bits per heavy atom. The molecule has 0 bridgehead atoms. The summed E-state index contributed by atoms with van der Waals surface area (Å²) in [4.78, 5) is 26.4. The molecule has 3 N–H and O–H groups in total. The molecular weight excluding hydrogens is 350 g/mol. The second-order valence-electron chi connectivity index (χ2n) is 5.93. The van der Waals surface area contributed by atoms with Gasteiger partial charge in [0.25, 0.3) is 11.8 Å². The molecule has 0 aliphatic carbocycles. The van der Waals surface area contributed by atoms with Crippen LogP contribution in [0.3, 0.4) is 0 Å². The molecule has 0 saturated heterocycles. The van der Waals surface area contributed by atoms with Gasteiger partial charge < -0.3 is 16.0 Å². The number of nitrogens with zero attached hydrogens (tertiary/aromatic N) is 1. The van der Waals surface area contributed by atoms with Crippen molar-refractivity contribution in [1.82, 2.24) is 10.2 Å². The summed E-state index contributed by atoms with van der Waals surface area (Å²) in [7, 11) is 0. The number of carbonyl (C=O) groups excluding carboxylic acids is 2. The number of aryl methyl sites for hydroxylation is 1. The van der Waals surface area contributed by atoms with Crippen LogP contribution in [0, 0.1) is 6.92 Å². The fraction of sp³-hybridized carbons (Fsp3) is 0.300. The molecule has 5 nitrogen and oxygen atoms in total. The lowest BCUT2D eigenvalue weighted by molar-refractivity contribution is 0.0772. The standard InChI is InChI=1S/C20H25N3O2.ClH/c1-4-23(5-2)20(25)16-9-7-15(8-10-16)13-22-19(24)18-12-17(21)11-6-14(18)3;/h6-12H,4-5,13,21H2,1-3H3,(H,22,24);1H. The van der Waals surface area contributed by atoms with Crippen LogP contribution in [0.15, 0.2) is 42.5 Å². The molecule has 2 rings (SSSR count). The largest absolute Gasteiger partial charge is 0.399 e. The fourth-order valence-electron chi connectivity index (χ4n) is 2.62. The van der Waals surface area contributed by atoms with Crippen LogP contribution in [0.1, 0.15) is 45.7 Å². The summed E-state index contributed by atoms with van der Waals surface area (Å²) >= 11 is 0. The molecule has 6 heteroatoms. The quantitative estimate of drug-likeness (QED) is 0.759. The van der Waals surface area contributed by atoms with Crippen molar-refractivity contribution in [2.45, 2.75) is 27.3 Å². The second kappa shape index (κ2) is 9.82. The first-order valence-corrected chi connectivity index (χ1v) is 8.48. The highest BCUT2D eigenvalue weighted by atomic mass is 35.5. The van der Waals surface area contributed by atoms with Crippen molar-refractivity contribution in [3.63, 3.8) is 0 Å². The summed E-state index contributed by atoms with van der Waals surface area (Å²) in [5.74, 6) is -0.135. The Morgan fingerprint density at radius 1 is 1.04 bits per heavy atom. The third-order valence-electron chi connectivity index (χ3n) is 4.21. The zero-order valence-electron chi connectivity index (χ0n) is 15.4. The maximum atomic E-state index is 12.3. The van der Waals surface area contributed by atoms with Gasteiger partial charge in [0.05, 0.1) is 0 Å². The van der Waals surface area contributed by atoms with Crippen LogP contribution in [0.5, 0.6) is 0 Å². The molecule has 0 atom stereocenters. The van der Waals surface area contributed by atoms with Gasteiger partial charge >= 0.3 is 0 Å². The lowest BCUT2D eigenvalue weighted by atomic mass is 10.1. The van der Waals surface area contributed by atoms with E-state index in [-0.39, 0.29) is 24.2 Å². The monoisotopic (exact) mass is 375 g/mol. The van der Waals surface area contributed by atoms with E-state index in [1.807, 2.05) is 39.0 Å². The lowest BCUT2D eigenvalue weighted by Gasteiger charge is -2.18. The summed E-state index contributed by atoms with van der Waals surface area (Å²) in [6.07, 6.45) is 0. The van der Waals surface area contributed by atoms with Crippen molar-refractivity contribution < 1.29 is 9.59 Å². The van der Waals surface area contributed by atoms with E-state index >= 15 is 0 Å². The zero-order chi connectivity index (χ0) is 18.4. The average Bonchev–Trinajstić information content (AvgIpc) is 2.63. The van der Waals surface area contributed by atoms with E-state index in [0.717, 1.165) is 11.1 Å². The number of nitrogen functional groups attached to an aromatic ring is 1. The molecule has 26 heavy (non-hydrogen) atoms. The number of anilines is 1. The Labute approximate surface area is 161 Å². The van der Waals surface area contributed by atoms with E-state index in [1.165, 1.54) is 0 Å². The highest BCUT2D eigenvalue weighted by Gasteiger charge is 2.12. The normalized spacial score (nSPS) is 9.96. The number of hydrogen-bond acceptors (Lipinski definition) is 3. The summed E-state index contributed by atoms with van der Waals surface area (Å²) in [6.45, 7) is 7.57. The molecule has 140 valence electrons. The van der Waals surface area contributed by atoms with Gasteiger partial charge in [0.1, 0.15) is 0 Å². The molecule has 2 aromatic carbocycles. The molecule has 2 aromatic rings. The number of rotatable bonds is 6. The van der Waals surface area contributed by atoms with E-state index in [1.54, 1.807) is 29.2 Å². The first kappa shape index (κ1) is 21.5. The Bertz CT molecular complexity index is 756. The van der Waals surface area contributed by atoms with Crippen molar-refractivity contribution in [3.8, 4) is 0 Å². The minimum atomic E-state index is -0.159. The van der Waals surface area contributed by atoms with Gasteiger partial charge in [0, 0.05) is 36.4 Å². The van der Waals surface area contributed by atoms with Gasteiger partial charge in [-0.05, 0) is 56.2 Å². The number of halogens is 1. The van der Waals surface area contributed by atoms with Gasteiger partial charge in [-0.3, -0.25) is 9.59 Å². The van der Waals surface area contributed by atoms with E-state index in [2.05, 4.69) is 5.32 Å². The van der Waals surface area contributed by atoms with Crippen LogP contribution in [0.25, 0.3) is 0 Å². The SMILES string of the molecule is CCN(CC)C(=O)c1ccc(CNC(=O)c2cc(N)ccc2C)cc1.Cl. The van der Waals surface area contributed by atoms with Crippen molar-refractivity contribution >= 4 is 29.9 Å². The third-order valence-corrected chi connectivity index (χ3v) is 4.21. The first-order valence-electron chi connectivity index (χ1n) is 8.48. The number of amides is 2. The zero-order valence-corrected chi connectivity index (χ0v) is 16.2.